The highest BCUT2D eigenvalue weighted by Gasteiger charge is 2.14. The molecule has 0 aliphatic carbocycles. The van der Waals surface area contributed by atoms with Crippen LogP contribution in [0.25, 0.3) is 0 Å². The second-order valence-corrected chi connectivity index (χ2v) is 6.43. The third kappa shape index (κ3) is 4.41. The molecule has 0 amide bonds. The third-order valence-corrected chi connectivity index (χ3v) is 4.14. The van der Waals surface area contributed by atoms with E-state index in [1.165, 1.54) is 5.41 Å². The van der Waals surface area contributed by atoms with E-state index in [1.54, 1.807) is 37.8 Å². The molecule has 102 valence electrons. The molecule has 0 radical (unpaired) electrons. The zero-order valence-electron chi connectivity index (χ0n) is 10.8. The Morgan fingerprint density at radius 3 is 2.61 bits per heavy atom. The van der Waals surface area contributed by atoms with Crippen molar-refractivity contribution >= 4 is 28.4 Å². The summed E-state index contributed by atoms with van der Waals surface area (Å²) in [6.45, 7) is 5.50. The van der Waals surface area contributed by atoms with Crippen LogP contribution >= 0.6 is 22.5 Å². The van der Waals surface area contributed by atoms with Gasteiger partial charge in [0.05, 0.1) is 0 Å². The first-order chi connectivity index (χ1) is 8.35. The van der Waals surface area contributed by atoms with Crippen LogP contribution in [0.5, 0.6) is 0 Å². The van der Waals surface area contributed by atoms with E-state index in [9.17, 15) is 9.11 Å². The molecule has 0 fully saturated rings. The van der Waals surface area contributed by atoms with Gasteiger partial charge in [0.15, 0.2) is 5.82 Å². The van der Waals surface area contributed by atoms with E-state index in [4.69, 9.17) is 4.52 Å². The number of thioether (sulfide) groups is 1. The van der Waals surface area contributed by atoms with Crippen molar-refractivity contribution in [1.29, 1.82) is 0 Å². The van der Waals surface area contributed by atoms with Crippen LogP contribution in [0.3, 0.4) is 0 Å². The van der Waals surface area contributed by atoms with E-state index in [-0.39, 0.29) is 0 Å². The lowest BCUT2D eigenvalue weighted by atomic mass is 10.3. The Kier molecular flexibility index (Phi) is 5.33. The van der Waals surface area contributed by atoms with E-state index in [0.717, 1.165) is 10.5 Å². The molecule has 0 saturated heterocycles. The molecule has 0 bridgehead atoms. The van der Waals surface area contributed by atoms with Crippen LogP contribution in [0.1, 0.15) is 18.2 Å². The second kappa shape index (κ2) is 6.33. The quantitative estimate of drug-likeness (QED) is 0.707. The summed E-state index contributed by atoms with van der Waals surface area (Å²) in [4.78, 5) is 1.08. The topological polar surface area (TPSA) is 78.5 Å². The molecule has 1 rings (SSSR count). The molecule has 1 aromatic heterocycles. The monoisotopic (exact) mass is 290 g/mol. The first-order valence-corrected chi connectivity index (χ1v) is 8.07. The van der Waals surface area contributed by atoms with Crippen molar-refractivity contribution in [2.45, 2.75) is 20.8 Å². The van der Waals surface area contributed by atoms with Crippen LogP contribution < -0.4 is 4.72 Å². The van der Waals surface area contributed by atoms with Crippen LogP contribution in [-0.2, 0) is 0 Å². The standard InChI is InChI=1S/C11H18N2O3S2/c1-8(17-4)6-5-7-18(14,15)13-11-9(2)10(3)16-12-11/h5-7,14-15H,1-4H3,(H,12,13)/b7-5+,8-6-. The van der Waals surface area contributed by atoms with Crippen molar-refractivity contribution in [3.8, 4) is 0 Å². The van der Waals surface area contributed by atoms with Crippen LogP contribution in [0.15, 0.2) is 27.0 Å². The van der Waals surface area contributed by atoms with Crippen molar-refractivity contribution in [2.24, 2.45) is 0 Å². The minimum Gasteiger partial charge on any atom is -0.359 e. The second-order valence-electron chi connectivity index (χ2n) is 3.72. The molecule has 18 heavy (non-hydrogen) atoms. The van der Waals surface area contributed by atoms with Crippen molar-refractivity contribution in [2.75, 3.05) is 11.0 Å². The SMILES string of the molecule is CS/C(C)=C\C=C\S(O)(O)Nc1noc(C)c1C. The van der Waals surface area contributed by atoms with Gasteiger partial charge in [-0.15, -0.1) is 11.8 Å². The zero-order valence-corrected chi connectivity index (χ0v) is 12.4. The van der Waals surface area contributed by atoms with Gasteiger partial charge in [0.2, 0.25) is 0 Å². The summed E-state index contributed by atoms with van der Waals surface area (Å²) < 4.78 is 27.1. The summed E-state index contributed by atoms with van der Waals surface area (Å²) in [7, 11) is -3.05. The lowest BCUT2D eigenvalue weighted by Gasteiger charge is -2.28. The normalized spacial score (nSPS) is 14.2. The maximum atomic E-state index is 9.81. The lowest BCUT2D eigenvalue weighted by molar-refractivity contribution is 0.399. The minimum atomic E-state index is -3.05. The van der Waals surface area contributed by atoms with Crippen molar-refractivity contribution in [3.63, 3.8) is 0 Å². The van der Waals surface area contributed by atoms with Crippen LogP contribution in [0, 0.1) is 13.8 Å². The number of nitrogens with zero attached hydrogens (tertiary/aromatic N) is 1. The number of anilines is 1. The van der Waals surface area contributed by atoms with Gasteiger partial charge in [-0.3, -0.25) is 13.8 Å². The minimum absolute atomic E-state index is 0.350. The molecule has 0 aromatic carbocycles. The Morgan fingerprint density at radius 1 is 1.44 bits per heavy atom. The Bertz CT molecular complexity index is 467. The number of allylic oxidation sites excluding steroid dienone is 3. The average Bonchev–Trinajstić information content (AvgIpc) is 2.60. The molecule has 0 unspecified atom stereocenters. The van der Waals surface area contributed by atoms with E-state index in [0.29, 0.717) is 11.6 Å². The molecule has 1 aromatic rings. The number of rotatable bonds is 5. The van der Waals surface area contributed by atoms with E-state index >= 15 is 0 Å². The van der Waals surface area contributed by atoms with Gasteiger partial charge in [-0.1, -0.05) is 22.0 Å². The van der Waals surface area contributed by atoms with Crippen molar-refractivity contribution in [3.05, 3.63) is 33.8 Å². The van der Waals surface area contributed by atoms with Gasteiger partial charge in [-0.2, -0.15) is 0 Å². The maximum absolute atomic E-state index is 9.81. The fraction of sp³-hybridized carbons (Fsp3) is 0.364. The van der Waals surface area contributed by atoms with E-state index in [2.05, 4.69) is 9.88 Å². The van der Waals surface area contributed by atoms with Gasteiger partial charge >= 0.3 is 0 Å². The molecular formula is C11H18N2O3S2. The highest BCUT2D eigenvalue weighted by molar-refractivity contribution is 8.27. The summed E-state index contributed by atoms with van der Waals surface area (Å²) in [6, 6.07) is 0. The van der Waals surface area contributed by atoms with Crippen LogP contribution in [0.2, 0.25) is 0 Å². The largest absolute Gasteiger partial charge is 0.359 e. The number of nitrogens with one attached hydrogen (secondary N) is 1. The molecule has 0 saturated carbocycles. The van der Waals surface area contributed by atoms with Crippen LogP contribution in [-0.4, -0.2) is 20.5 Å². The number of aryl methyl sites for hydroxylation is 1. The molecule has 0 spiro atoms. The Labute approximate surface area is 113 Å². The van der Waals surface area contributed by atoms with E-state index < -0.39 is 10.8 Å². The van der Waals surface area contributed by atoms with Gasteiger partial charge in [0.1, 0.15) is 5.76 Å². The highest BCUT2D eigenvalue weighted by Crippen LogP contribution is 2.41. The predicted molar refractivity (Wildman–Crippen MR) is 78.9 cm³/mol. The summed E-state index contributed by atoms with van der Waals surface area (Å²) in [6.07, 6.45) is 5.37. The smallest absolute Gasteiger partial charge is 0.190 e. The first-order valence-electron chi connectivity index (χ1n) is 5.23. The molecule has 0 aliphatic heterocycles. The van der Waals surface area contributed by atoms with E-state index in [1.807, 2.05) is 13.2 Å². The Balaban J connectivity index is 2.73. The average molecular weight is 290 g/mol. The molecule has 7 heteroatoms. The molecule has 3 N–H and O–H groups in total. The molecular weight excluding hydrogens is 272 g/mol. The number of hydrogen-bond donors (Lipinski definition) is 3. The van der Waals surface area contributed by atoms with Crippen LogP contribution in [0.4, 0.5) is 5.82 Å². The predicted octanol–water partition coefficient (Wildman–Crippen LogP) is 4.15. The Morgan fingerprint density at radius 2 is 2.11 bits per heavy atom. The molecule has 0 aliphatic rings. The maximum Gasteiger partial charge on any atom is 0.190 e. The third-order valence-electron chi connectivity index (χ3n) is 2.33. The lowest BCUT2D eigenvalue weighted by Crippen LogP contribution is -2.06. The van der Waals surface area contributed by atoms with Crippen molar-refractivity contribution < 1.29 is 13.6 Å². The fourth-order valence-electron chi connectivity index (χ4n) is 1.04. The summed E-state index contributed by atoms with van der Waals surface area (Å²) in [5.41, 5.74) is 0.763. The summed E-state index contributed by atoms with van der Waals surface area (Å²) >= 11 is 1.59. The van der Waals surface area contributed by atoms with Gasteiger partial charge in [0, 0.05) is 11.0 Å². The summed E-state index contributed by atoms with van der Waals surface area (Å²) in [5.74, 6) is 0.998. The Hall–Kier alpha value is -0.890. The molecule has 1 heterocycles. The fourth-order valence-corrected chi connectivity index (χ4v) is 2.10. The van der Waals surface area contributed by atoms with Gasteiger partial charge in [-0.05, 0) is 38.0 Å². The zero-order chi connectivity index (χ0) is 13.8. The summed E-state index contributed by atoms with van der Waals surface area (Å²) in [5, 5.41) is 5.04. The van der Waals surface area contributed by atoms with Gasteiger partial charge < -0.3 is 4.52 Å². The molecule has 0 atom stereocenters. The number of aromatic nitrogens is 1. The van der Waals surface area contributed by atoms with Gasteiger partial charge in [-0.25, -0.2) is 0 Å². The highest BCUT2D eigenvalue weighted by atomic mass is 32.3. The number of hydrogen-bond acceptors (Lipinski definition) is 6. The molecule has 5 nitrogen and oxygen atoms in total. The van der Waals surface area contributed by atoms with Gasteiger partial charge in [0.25, 0.3) is 0 Å². The van der Waals surface area contributed by atoms with Crippen molar-refractivity contribution in [1.82, 2.24) is 5.16 Å². The first kappa shape index (κ1) is 15.2.